The Labute approximate surface area is 129 Å². The molecular formula is C16H18N2O4. The first-order chi connectivity index (χ1) is 10.7. The number of para-hydroxylation sites is 2. The number of nitrogens with zero attached hydrogens (tertiary/aromatic N) is 1. The van der Waals surface area contributed by atoms with Crippen LogP contribution in [-0.4, -0.2) is 31.7 Å². The zero-order valence-corrected chi connectivity index (χ0v) is 12.5. The molecule has 2 rings (SSSR count). The van der Waals surface area contributed by atoms with Gasteiger partial charge in [0.1, 0.15) is 0 Å². The van der Waals surface area contributed by atoms with Crippen molar-refractivity contribution in [1.82, 2.24) is 4.98 Å². The van der Waals surface area contributed by atoms with Gasteiger partial charge in [-0.2, -0.15) is 0 Å². The van der Waals surface area contributed by atoms with E-state index in [0.29, 0.717) is 36.1 Å². The van der Waals surface area contributed by atoms with Gasteiger partial charge in [-0.25, -0.2) is 4.98 Å². The number of carbonyl (C=O) groups excluding carboxylic acids is 1. The molecule has 0 aliphatic heterocycles. The van der Waals surface area contributed by atoms with Gasteiger partial charge in [0.25, 0.3) is 0 Å². The van der Waals surface area contributed by atoms with Gasteiger partial charge in [-0.3, -0.25) is 4.79 Å². The predicted octanol–water partition coefficient (Wildman–Crippen LogP) is 2.86. The summed E-state index contributed by atoms with van der Waals surface area (Å²) in [6, 6.07) is 10.7. The van der Waals surface area contributed by atoms with Gasteiger partial charge in [0.05, 0.1) is 32.0 Å². The second kappa shape index (κ2) is 7.99. The zero-order chi connectivity index (χ0) is 15.8. The van der Waals surface area contributed by atoms with Gasteiger partial charge in [-0.1, -0.05) is 12.1 Å². The Morgan fingerprint density at radius 3 is 2.55 bits per heavy atom. The van der Waals surface area contributed by atoms with Crippen molar-refractivity contribution in [3.8, 4) is 17.4 Å². The van der Waals surface area contributed by atoms with Crippen molar-refractivity contribution >= 4 is 11.6 Å². The molecule has 1 aromatic carbocycles. The number of aromatic nitrogens is 1. The monoisotopic (exact) mass is 302 g/mol. The van der Waals surface area contributed by atoms with E-state index in [-0.39, 0.29) is 5.91 Å². The first-order valence-electron chi connectivity index (χ1n) is 6.78. The van der Waals surface area contributed by atoms with Crippen molar-refractivity contribution in [3.63, 3.8) is 0 Å². The summed E-state index contributed by atoms with van der Waals surface area (Å²) in [7, 11) is 3.13. The molecule has 2 aromatic rings. The number of pyridine rings is 1. The molecule has 0 saturated carbocycles. The fraction of sp³-hybridized carbons (Fsp3) is 0.250. The molecule has 0 spiro atoms. The van der Waals surface area contributed by atoms with E-state index in [1.807, 2.05) is 12.1 Å². The minimum atomic E-state index is -0.123. The number of anilines is 1. The highest BCUT2D eigenvalue weighted by molar-refractivity contribution is 5.90. The van der Waals surface area contributed by atoms with Gasteiger partial charge in [0.15, 0.2) is 11.5 Å². The molecule has 116 valence electrons. The van der Waals surface area contributed by atoms with Crippen LogP contribution in [0.3, 0.4) is 0 Å². The quantitative estimate of drug-likeness (QED) is 0.851. The number of methoxy groups -OCH3 is 2. The summed E-state index contributed by atoms with van der Waals surface area (Å²) in [6.07, 6.45) is 1.84. The van der Waals surface area contributed by atoms with E-state index in [0.717, 1.165) is 0 Å². The Balaban J connectivity index is 1.98. The van der Waals surface area contributed by atoms with Crippen LogP contribution < -0.4 is 14.8 Å². The standard InChI is InChI=1S/C16H18N2O4/c1-20-10-9-15(19)18-12-7-8-16(17-11-12)22-14-6-4-3-5-13(14)21-2/h3-8,11H,9-10H2,1-2H3,(H,18,19). The second-order valence-corrected chi connectivity index (χ2v) is 4.43. The lowest BCUT2D eigenvalue weighted by Crippen LogP contribution is -2.13. The summed E-state index contributed by atoms with van der Waals surface area (Å²) in [6.45, 7) is 0.383. The van der Waals surface area contributed by atoms with Crippen LogP contribution in [0.2, 0.25) is 0 Å². The van der Waals surface area contributed by atoms with E-state index in [1.165, 1.54) is 6.20 Å². The molecule has 22 heavy (non-hydrogen) atoms. The first-order valence-corrected chi connectivity index (χ1v) is 6.78. The third kappa shape index (κ3) is 4.46. The molecule has 6 nitrogen and oxygen atoms in total. The SMILES string of the molecule is COCCC(=O)Nc1ccc(Oc2ccccc2OC)nc1. The van der Waals surface area contributed by atoms with Crippen LogP contribution in [-0.2, 0) is 9.53 Å². The molecule has 0 bridgehead atoms. The number of hydrogen-bond donors (Lipinski definition) is 1. The average molecular weight is 302 g/mol. The van der Waals surface area contributed by atoms with Crippen molar-refractivity contribution in [2.24, 2.45) is 0 Å². The summed E-state index contributed by atoms with van der Waals surface area (Å²) < 4.78 is 15.7. The summed E-state index contributed by atoms with van der Waals surface area (Å²) >= 11 is 0. The number of ether oxygens (including phenoxy) is 3. The number of hydrogen-bond acceptors (Lipinski definition) is 5. The Hall–Kier alpha value is -2.60. The van der Waals surface area contributed by atoms with Gasteiger partial charge in [0.2, 0.25) is 11.8 Å². The first kappa shape index (κ1) is 15.8. The molecular weight excluding hydrogens is 284 g/mol. The lowest BCUT2D eigenvalue weighted by molar-refractivity contribution is -0.117. The Kier molecular flexibility index (Phi) is 5.73. The molecule has 1 amide bonds. The van der Waals surface area contributed by atoms with Gasteiger partial charge in [-0.15, -0.1) is 0 Å². The smallest absolute Gasteiger partial charge is 0.226 e. The molecule has 0 aliphatic carbocycles. The third-order valence-corrected chi connectivity index (χ3v) is 2.84. The van der Waals surface area contributed by atoms with E-state index < -0.39 is 0 Å². The molecule has 6 heteroatoms. The zero-order valence-electron chi connectivity index (χ0n) is 12.5. The minimum absolute atomic E-state index is 0.123. The van der Waals surface area contributed by atoms with Gasteiger partial charge >= 0.3 is 0 Å². The predicted molar refractivity (Wildman–Crippen MR) is 82.4 cm³/mol. The highest BCUT2D eigenvalue weighted by Crippen LogP contribution is 2.30. The number of amides is 1. The molecule has 0 aliphatic rings. The third-order valence-electron chi connectivity index (χ3n) is 2.84. The van der Waals surface area contributed by atoms with E-state index >= 15 is 0 Å². The van der Waals surface area contributed by atoms with Crippen LogP contribution in [0.5, 0.6) is 17.4 Å². The molecule has 1 aromatic heterocycles. The van der Waals surface area contributed by atoms with Crippen LogP contribution in [0.15, 0.2) is 42.6 Å². The molecule has 1 N–H and O–H groups in total. The average Bonchev–Trinajstić information content (AvgIpc) is 2.55. The fourth-order valence-electron chi connectivity index (χ4n) is 1.75. The maximum absolute atomic E-state index is 11.6. The Morgan fingerprint density at radius 2 is 1.91 bits per heavy atom. The lowest BCUT2D eigenvalue weighted by Gasteiger charge is -2.09. The number of carbonyl (C=O) groups is 1. The maximum Gasteiger partial charge on any atom is 0.226 e. The number of benzene rings is 1. The van der Waals surface area contributed by atoms with Crippen LogP contribution in [0.1, 0.15) is 6.42 Å². The van der Waals surface area contributed by atoms with Crippen LogP contribution in [0, 0.1) is 0 Å². The van der Waals surface area contributed by atoms with Crippen LogP contribution in [0.25, 0.3) is 0 Å². The molecule has 0 fully saturated rings. The van der Waals surface area contributed by atoms with Crippen molar-refractivity contribution in [2.45, 2.75) is 6.42 Å². The number of rotatable bonds is 7. The molecule has 0 saturated heterocycles. The number of nitrogens with one attached hydrogen (secondary N) is 1. The largest absolute Gasteiger partial charge is 0.493 e. The molecule has 0 atom stereocenters. The fourth-order valence-corrected chi connectivity index (χ4v) is 1.75. The van der Waals surface area contributed by atoms with E-state index in [1.54, 1.807) is 38.5 Å². The molecule has 1 heterocycles. The Bertz CT molecular complexity index is 614. The van der Waals surface area contributed by atoms with Crippen LogP contribution in [0.4, 0.5) is 5.69 Å². The van der Waals surface area contributed by atoms with Gasteiger partial charge in [0, 0.05) is 13.2 Å². The second-order valence-electron chi connectivity index (χ2n) is 4.43. The normalized spacial score (nSPS) is 10.1. The van der Waals surface area contributed by atoms with Crippen molar-refractivity contribution in [1.29, 1.82) is 0 Å². The maximum atomic E-state index is 11.6. The minimum Gasteiger partial charge on any atom is -0.493 e. The van der Waals surface area contributed by atoms with Gasteiger partial charge < -0.3 is 19.5 Å². The van der Waals surface area contributed by atoms with Crippen LogP contribution >= 0.6 is 0 Å². The topological polar surface area (TPSA) is 69.7 Å². The summed E-state index contributed by atoms with van der Waals surface area (Å²) in [4.78, 5) is 15.7. The molecule has 0 unspecified atom stereocenters. The van der Waals surface area contributed by atoms with Gasteiger partial charge in [-0.05, 0) is 18.2 Å². The van der Waals surface area contributed by atoms with Crippen molar-refractivity contribution in [2.75, 3.05) is 26.1 Å². The van der Waals surface area contributed by atoms with Crippen molar-refractivity contribution < 1.29 is 19.0 Å². The van der Waals surface area contributed by atoms with E-state index in [9.17, 15) is 4.79 Å². The van der Waals surface area contributed by atoms with Crippen molar-refractivity contribution in [3.05, 3.63) is 42.6 Å². The Morgan fingerprint density at radius 1 is 1.14 bits per heavy atom. The highest BCUT2D eigenvalue weighted by atomic mass is 16.5. The summed E-state index contributed by atoms with van der Waals surface area (Å²) in [5, 5.41) is 2.73. The molecule has 0 radical (unpaired) electrons. The highest BCUT2D eigenvalue weighted by Gasteiger charge is 2.06. The summed E-state index contributed by atoms with van der Waals surface area (Å²) in [5.74, 6) is 1.50. The van der Waals surface area contributed by atoms with E-state index in [2.05, 4.69) is 10.3 Å². The lowest BCUT2D eigenvalue weighted by atomic mass is 10.3. The summed E-state index contributed by atoms with van der Waals surface area (Å²) in [5.41, 5.74) is 0.605. The van der Waals surface area contributed by atoms with E-state index in [4.69, 9.17) is 14.2 Å².